The molecule has 0 heterocycles. The maximum Gasteiger partial charge on any atom is 2.00 e. The topological polar surface area (TPSA) is 6.48 Å². The van der Waals surface area contributed by atoms with Crippen LogP contribution in [0.25, 0.3) is 0 Å². The molecule has 0 saturated carbocycles. The molecule has 0 saturated heterocycles. The largest absolute Gasteiger partial charge is 2.00 e. The number of nitrogens with zero attached hydrogens (tertiary/aromatic N) is 2. The third-order valence-corrected chi connectivity index (χ3v) is 5.54. The average molecular weight is 559 g/mol. The van der Waals surface area contributed by atoms with Crippen LogP contribution < -0.4 is 9.80 Å². The summed E-state index contributed by atoms with van der Waals surface area (Å²) in [6.07, 6.45) is 0. The van der Waals surface area contributed by atoms with Crippen molar-refractivity contribution in [3.8, 4) is 0 Å². The Morgan fingerprint density at radius 2 is 0.793 bits per heavy atom. The van der Waals surface area contributed by atoms with Crippen molar-refractivity contribution < 1.29 is 20.4 Å². The molecule has 0 spiro atoms. The van der Waals surface area contributed by atoms with E-state index >= 15 is 0 Å². The van der Waals surface area contributed by atoms with Crippen molar-refractivity contribution in [2.45, 2.75) is 27.7 Å². The fraction of sp³-hybridized carbons (Fsp3) is 0.364. The average Bonchev–Trinajstić information content (AvgIpc) is 2.71. The molecule has 0 unspecified atom stereocenters. The van der Waals surface area contributed by atoms with Gasteiger partial charge in [0.05, 0.1) is 0 Å². The third-order valence-electron chi connectivity index (χ3n) is 4.51. The van der Waals surface area contributed by atoms with Gasteiger partial charge in [0, 0.05) is 37.6 Å². The summed E-state index contributed by atoms with van der Waals surface area (Å²) in [5, 5.41) is 0. The van der Waals surface area contributed by atoms with E-state index in [1.165, 1.54) is 11.4 Å². The Morgan fingerprint density at radius 1 is 0.552 bits per heavy atom. The molecule has 2 nitrogen and oxygen atoms in total. The monoisotopic (exact) mass is 558 g/mol. The fourth-order valence-electron chi connectivity index (χ4n) is 2.82. The molecule has 0 aromatic heterocycles. The van der Waals surface area contributed by atoms with Crippen LogP contribution in [0.3, 0.4) is 0 Å². The van der Waals surface area contributed by atoms with Gasteiger partial charge in [-0.05, 0) is 27.7 Å². The molecule has 0 aliphatic heterocycles. The molecule has 0 atom stereocenters. The minimum absolute atomic E-state index is 0. The number of benzene rings is 2. The molecule has 0 aliphatic carbocycles. The summed E-state index contributed by atoms with van der Waals surface area (Å²) in [5.41, 5.74) is 4.63. The van der Waals surface area contributed by atoms with E-state index in [2.05, 4.69) is 112 Å². The van der Waals surface area contributed by atoms with Gasteiger partial charge in [-0.25, -0.2) is 50.5 Å². The first-order valence-electron chi connectivity index (χ1n) is 9.58. The molecule has 7 heteroatoms. The van der Waals surface area contributed by atoms with E-state index in [4.69, 9.17) is 0 Å². The zero-order valence-electron chi connectivity index (χ0n) is 17.4. The van der Waals surface area contributed by atoms with Gasteiger partial charge in [-0.1, -0.05) is 33.4 Å². The molecule has 2 aromatic carbocycles. The van der Waals surface area contributed by atoms with Crippen LogP contribution in [0.5, 0.6) is 0 Å². The normalized spacial score (nSPS) is 9.66. The maximum absolute atomic E-state index is 4.19. The molecule has 29 heavy (non-hydrogen) atoms. The zero-order valence-corrected chi connectivity index (χ0v) is 22.6. The van der Waals surface area contributed by atoms with Gasteiger partial charge in [-0.15, -0.1) is 0 Å². The first kappa shape index (κ1) is 28.8. The van der Waals surface area contributed by atoms with Crippen molar-refractivity contribution in [3.05, 3.63) is 68.8 Å². The molecular weight excluding hydrogens is 527 g/mol. The van der Waals surface area contributed by atoms with Gasteiger partial charge in [-0.2, -0.15) is 35.4 Å². The predicted octanol–water partition coefficient (Wildman–Crippen LogP) is 6.46. The van der Waals surface area contributed by atoms with Crippen molar-refractivity contribution in [2.24, 2.45) is 0 Å². The first-order valence-corrected chi connectivity index (χ1v) is 11.4. The summed E-state index contributed by atoms with van der Waals surface area (Å²) in [6, 6.07) is 16.6. The van der Waals surface area contributed by atoms with Crippen LogP contribution in [0.15, 0.2) is 48.5 Å². The van der Waals surface area contributed by atoms with Gasteiger partial charge < -0.3 is 9.80 Å². The second-order valence-corrected chi connectivity index (χ2v) is 8.58. The summed E-state index contributed by atoms with van der Waals surface area (Å²) in [6.45, 7) is 12.8. The Labute approximate surface area is 213 Å². The van der Waals surface area contributed by atoms with Gasteiger partial charge >= 0.3 is 20.4 Å². The summed E-state index contributed by atoms with van der Waals surface area (Å²) >= 11 is 16.7. The summed E-state index contributed by atoms with van der Waals surface area (Å²) in [7, 11) is 0. The number of thiol groups is 4. The Hall–Kier alpha value is -0.158. The molecule has 164 valence electrons. The summed E-state index contributed by atoms with van der Waals surface area (Å²) in [4.78, 5) is 4.61. The Morgan fingerprint density at radius 3 is 0.966 bits per heavy atom. The van der Waals surface area contributed by atoms with E-state index in [-0.39, 0.29) is 20.4 Å². The van der Waals surface area contributed by atoms with Crippen molar-refractivity contribution in [3.63, 3.8) is 0 Å². The molecule has 2 rings (SSSR count). The number of hydrogen-bond acceptors (Lipinski definition) is 6. The molecule has 2 aromatic rings. The molecule has 0 aliphatic rings. The smallest absolute Gasteiger partial charge is 0.374 e. The predicted molar refractivity (Wildman–Crippen MR) is 141 cm³/mol. The van der Waals surface area contributed by atoms with Crippen LogP contribution in [0, 0.1) is 9.16 Å². The second-order valence-electron chi connectivity index (χ2n) is 6.09. The molecule has 0 amide bonds. The molecule has 0 bridgehead atoms. The van der Waals surface area contributed by atoms with Crippen molar-refractivity contribution in [2.75, 3.05) is 36.0 Å². The SMILES string of the molecule is CCN(CC)c1ccc([C-](S)S)cc1.CCN(CC)c1ccc([C-](S)S)cc1.[Pd+2]. The van der Waals surface area contributed by atoms with E-state index < -0.39 is 0 Å². The summed E-state index contributed by atoms with van der Waals surface area (Å²) in [5.74, 6) is 0. The van der Waals surface area contributed by atoms with E-state index in [0.717, 1.165) is 46.5 Å². The number of hydrogen-bond donors (Lipinski definition) is 4. The second kappa shape index (κ2) is 15.6. The van der Waals surface area contributed by atoms with Crippen LogP contribution in [0.1, 0.15) is 38.8 Å². The molecule has 0 fully saturated rings. The number of rotatable bonds is 8. The molecule has 0 N–H and O–H groups in total. The van der Waals surface area contributed by atoms with Crippen LogP contribution in [-0.2, 0) is 20.4 Å². The van der Waals surface area contributed by atoms with Crippen molar-refractivity contribution in [1.29, 1.82) is 0 Å². The number of anilines is 2. The van der Waals surface area contributed by atoms with Gasteiger partial charge in [-0.3, -0.25) is 0 Å². The van der Waals surface area contributed by atoms with Gasteiger partial charge in [0.1, 0.15) is 0 Å². The van der Waals surface area contributed by atoms with Gasteiger partial charge in [0.15, 0.2) is 0 Å². The van der Waals surface area contributed by atoms with Crippen LogP contribution >= 0.6 is 50.5 Å². The van der Waals surface area contributed by atoms with Crippen LogP contribution in [0.2, 0.25) is 0 Å². The fourth-order valence-corrected chi connectivity index (χ4v) is 3.42. The minimum atomic E-state index is 0. The van der Waals surface area contributed by atoms with Gasteiger partial charge in [0.2, 0.25) is 0 Å². The van der Waals surface area contributed by atoms with Gasteiger partial charge in [0.25, 0.3) is 0 Å². The quantitative estimate of drug-likeness (QED) is 0.168. The van der Waals surface area contributed by atoms with Crippen molar-refractivity contribution >= 4 is 61.9 Å². The van der Waals surface area contributed by atoms with E-state index in [9.17, 15) is 0 Å². The molecule has 0 radical (unpaired) electrons. The third kappa shape index (κ3) is 9.67. The summed E-state index contributed by atoms with van der Waals surface area (Å²) < 4.78 is 1.52. The Kier molecular flexibility index (Phi) is 15.5. The Bertz CT molecular complexity index is 596. The van der Waals surface area contributed by atoms with Crippen LogP contribution in [-0.4, -0.2) is 26.2 Å². The van der Waals surface area contributed by atoms with Crippen LogP contribution in [0.4, 0.5) is 11.4 Å². The molecular formula is C22H32N2PdS4. The zero-order chi connectivity index (χ0) is 21.1. The Balaban J connectivity index is 0.000000523. The minimum Gasteiger partial charge on any atom is -0.374 e. The van der Waals surface area contributed by atoms with E-state index in [1.807, 2.05) is 24.3 Å². The van der Waals surface area contributed by atoms with Crippen molar-refractivity contribution in [1.82, 2.24) is 0 Å². The van der Waals surface area contributed by atoms with E-state index in [1.54, 1.807) is 0 Å². The van der Waals surface area contributed by atoms with E-state index in [0.29, 0.717) is 0 Å². The maximum atomic E-state index is 4.19. The standard InChI is InChI=1S/2C11H16NS2.Pd/c2*1-3-12(4-2)10-7-5-9(6-8-10)11(13)14;/h2*5-8,13-14H,3-4H2,1-2H3;/q2*-1;+2. The first-order chi connectivity index (χ1) is 13.4.